The van der Waals surface area contributed by atoms with Gasteiger partial charge >= 0.3 is 15.6 Å². The smallest absolute Gasteiger partial charge is 0.487 e. The van der Waals surface area contributed by atoms with Crippen molar-refractivity contribution in [1.29, 1.82) is 0 Å². The minimum absolute atomic E-state index is 0.339. The molecule has 83 heavy (non-hydrogen) atoms. The molecule has 0 spiro atoms. The summed E-state index contributed by atoms with van der Waals surface area (Å²) >= 11 is 0. The molecule has 30 nitrogen and oxygen atoms in total. The zero-order chi connectivity index (χ0) is 61.9. The fourth-order valence-electron chi connectivity index (χ4n) is 5.63. The summed E-state index contributed by atoms with van der Waals surface area (Å²) in [7, 11) is 11.2. The minimum Gasteiger partial charge on any atom is -0.487 e. The van der Waals surface area contributed by atoms with E-state index in [1.165, 1.54) is 0 Å². The average Bonchev–Trinajstić information content (AvgIpc) is 3.50. The van der Waals surface area contributed by atoms with Gasteiger partial charge in [0.15, 0.2) is 11.6 Å². The van der Waals surface area contributed by atoms with Crippen molar-refractivity contribution in [2.45, 2.75) is 5.51 Å². The fraction of sp³-hybridized carbons (Fsp3) is 0.694. The summed E-state index contributed by atoms with van der Waals surface area (Å²) in [6.07, 6.45) is 5.26. The number of ether oxygens (including phenoxy) is 12. The van der Waals surface area contributed by atoms with Crippen LogP contribution in [0.5, 0.6) is 17.2 Å². The Morgan fingerprint density at radius 1 is 0.470 bits per heavy atom. The molecule has 0 atom stereocenters. The molecule has 0 bridgehead atoms. The molecular weight excluding hydrogens is 1130 g/mol. The maximum Gasteiger partial charge on any atom is 0.523 e. The number of aromatic nitrogens is 3. The third kappa shape index (κ3) is 41.5. The number of rotatable bonds is 43. The molecule has 0 aliphatic carbocycles. The maximum atomic E-state index is 11.1. The van der Waals surface area contributed by atoms with Gasteiger partial charge in [0.1, 0.15) is 19.8 Å². The van der Waals surface area contributed by atoms with E-state index in [1.807, 2.05) is 97.7 Å². The summed E-state index contributed by atoms with van der Waals surface area (Å²) in [6.45, 7) is 10.9. The molecule has 470 valence electrons. The Labute approximate surface area is 484 Å². The number of quaternary nitrogens is 2. The Hall–Kier alpha value is -6.16. The molecule has 0 unspecified atom stereocenters. The van der Waals surface area contributed by atoms with Crippen LogP contribution in [0.15, 0.2) is 70.3 Å². The number of halogens is 3. The first-order valence-electron chi connectivity index (χ1n) is 25.8. The monoisotopic (exact) mass is 1210 g/mol. The van der Waals surface area contributed by atoms with Crippen molar-refractivity contribution in [3.05, 3.63) is 86.3 Å². The predicted molar refractivity (Wildman–Crippen MR) is 304 cm³/mol. The first kappa shape index (κ1) is 76.8. The number of hydrogen-bond acceptors (Lipinski definition) is 22. The van der Waals surface area contributed by atoms with Gasteiger partial charge in [0.05, 0.1) is 168 Å². The number of hydrogen-bond donors (Lipinski definition) is 0. The molecule has 0 radical (unpaired) electrons. The molecule has 3 heterocycles. The van der Waals surface area contributed by atoms with Crippen molar-refractivity contribution in [3.63, 3.8) is 0 Å². The van der Waals surface area contributed by atoms with E-state index in [4.69, 9.17) is 73.4 Å². The zero-order valence-corrected chi connectivity index (χ0v) is 49.9. The molecular formula is C49H84F3N15O15S+2. The summed E-state index contributed by atoms with van der Waals surface area (Å²) in [4.78, 5) is 22.8. The van der Waals surface area contributed by atoms with Crippen LogP contribution >= 0.6 is 0 Å². The van der Waals surface area contributed by atoms with Crippen LogP contribution in [-0.4, -0.2) is 251 Å². The fourth-order valence-corrected chi connectivity index (χ4v) is 5.82. The van der Waals surface area contributed by atoms with Gasteiger partial charge in [0, 0.05) is 67.1 Å². The molecule has 0 aliphatic rings. The van der Waals surface area contributed by atoms with Crippen LogP contribution in [-0.2, 0) is 56.9 Å². The van der Waals surface area contributed by atoms with Crippen molar-refractivity contribution >= 4 is 27.6 Å². The van der Waals surface area contributed by atoms with Crippen LogP contribution < -0.4 is 28.1 Å². The zero-order valence-electron chi connectivity index (χ0n) is 49.0. The summed E-state index contributed by atoms with van der Waals surface area (Å²) in [5.41, 5.74) is 19.0. The van der Waals surface area contributed by atoms with Crippen LogP contribution in [0.25, 0.3) is 31.3 Å². The highest BCUT2D eigenvalue weighted by Crippen LogP contribution is 2.28. The number of alkyl halides is 3. The van der Waals surface area contributed by atoms with Gasteiger partial charge < -0.3 is 61.7 Å². The summed E-state index contributed by atoms with van der Waals surface area (Å²) in [6, 6.07) is 11.3. The molecule has 0 saturated carbocycles. The van der Waals surface area contributed by atoms with Crippen LogP contribution in [0, 0.1) is 0 Å². The van der Waals surface area contributed by atoms with Crippen molar-refractivity contribution in [1.82, 2.24) is 23.9 Å². The maximum absolute atomic E-state index is 11.1. The van der Waals surface area contributed by atoms with Gasteiger partial charge in [-0.15, -0.1) is 0 Å². The van der Waals surface area contributed by atoms with E-state index < -0.39 is 15.6 Å². The van der Waals surface area contributed by atoms with Gasteiger partial charge in [-0.3, -0.25) is 13.1 Å². The average molecular weight is 1210 g/mol. The summed E-state index contributed by atoms with van der Waals surface area (Å²) < 4.78 is 122. The van der Waals surface area contributed by atoms with E-state index in [0.29, 0.717) is 174 Å². The lowest BCUT2D eigenvalue weighted by atomic mass is 10.4. The van der Waals surface area contributed by atoms with E-state index in [-0.39, 0.29) is 0 Å². The second-order valence-corrected chi connectivity index (χ2v) is 19.6. The van der Waals surface area contributed by atoms with Crippen molar-refractivity contribution in [2.75, 3.05) is 227 Å². The Bertz CT molecular complexity index is 2280. The van der Waals surface area contributed by atoms with Crippen molar-refractivity contribution in [3.8, 4) is 17.2 Å². The highest BCUT2D eigenvalue weighted by molar-refractivity contribution is 7.87. The van der Waals surface area contributed by atoms with Gasteiger partial charge in [-0.2, -0.15) is 21.6 Å². The lowest BCUT2D eigenvalue weighted by Gasteiger charge is -2.23. The summed E-state index contributed by atoms with van der Waals surface area (Å²) in [5.74, 6) is 4.83. The van der Waals surface area contributed by atoms with Gasteiger partial charge in [0.25, 0.3) is 11.6 Å². The number of nitrogens with zero attached hydrogens (tertiary/aromatic N) is 15. The predicted octanol–water partition coefficient (Wildman–Crippen LogP) is 6.40. The highest BCUT2D eigenvalue weighted by atomic mass is 32.2. The highest BCUT2D eigenvalue weighted by Gasteiger charge is 2.46. The largest absolute Gasteiger partial charge is 0.523 e. The Morgan fingerprint density at radius 2 is 0.735 bits per heavy atom. The SMILES string of the molecule is CN(C)c1ncccc1OCCOCCOCCOCCN=[N+]=[N-].COS(=O)(=O)C(F)(F)F.C[N+](C)(C)c1ncccc1OCCOCCOCCOCCN=[N+]=[N-].C[N+](C)(C)c1ncccc1OCCOCCOCCOCCN=[N+]=[N-]. The molecule has 3 aromatic heterocycles. The third-order valence-electron chi connectivity index (χ3n) is 9.33. The van der Waals surface area contributed by atoms with Crippen LogP contribution in [0.4, 0.5) is 30.6 Å². The molecule has 0 fully saturated rings. The van der Waals surface area contributed by atoms with Crippen molar-refractivity contribution in [2.24, 2.45) is 15.3 Å². The van der Waals surface area contributed by atoms with Crippen LogP contribution in [0.3, 0.4) is 0 Å². The van der Waals surface area contributed by atoms with Crippen LogP contribution in [0.2, 0.25) is 0 Å². The van der Waals surface area contributed by atoms with E-state index in [0.717, 1.165) is 34.7 Å². The molecule has 0 aromatic carbocycles. The normalized spacial score (nSPS) is 11.2. The van der Waals surface area contributed by atoms with Crippen LogP contribution in [0.1, 0.15) is 0 Å². The minimum atomic E-state index is -5.34. The molecule has 34 heteroatoms. The molecule has 0 N–H and O–H groups in total. The Balaban J connectivity index is 0.00000113. The molecule has 3 rings (SSSR count). The Morgan fingerprint density at radius 3 is 0.988 bits per heavy atom. The number of pyridine rings is 3. The molecule has 0 aliphatic heterocycles. The lowest BCUT2D eigenvalue weighted by molar-refractivity contribution is -0.0526. The second kappa shape index (κ2) is 48.2. The molecule has 0 amide bonds. The third-order valence-corrected chi connectivity index (χ3v) is 10.3. The van der Waals surface area contributed by atoms with Crippen molar-refractivity contribution < 1.29 is 82.6 Å². The topological polar surface area (TPSA) is 342 Å². The Kier molecular flexibility index (Phi) is 44.7. The molecule has 0 saturated heterocycles. The van der Waals surface area contributed by atoms with E-state index in [2.05, 4.69) is 49.2 Å². The van der Waals surface area contributed by atoms with Gasteiger partial charge in [0.2, 0.25) is 11.5 Å². The van der Waals surface area contributed by atoms with E-state index in [1.54, 1.807) is 18.6 Å². The summed E-state index contributed by atoms with van der Waals surface area (Å²) in [5, 5.41) is 10.1. The van der Waals surface area contributed by atoms with Gasteiger partial charge in [-0.05, 0) is 53.0 Å². The van der Waals surface area contributed by atoms with Gasteiger partial charge in [-0.25, -0.2) is 15.0 Å². The quantitative estimate of drug-likeness (QED) is 0.0112. The standard InChI is InChI=1S/2C16H28N5O4.C15H25N5O4.C2H3F3O3S/c2*1-21(2,3)16-15(5-4-6-18-16)25-14-13-24-12-11-23-10-9-22-8-7-19-20-17;1-20(2)15-14(4-3-5-17-15)24-13-12-23-11-10-22-9-8-21-7-6-18-19-16;1-8-9(6,7)2(3,4)5/h2*4-6H,7-14H2,1-3H3;3-5H,6-13H2,1-2H3;1H3/q2*+1;;. The first-order chi connectivity index (χ1) is 39.7. The molecule has 3 aromatic rings. The van der Waals surface area contributed by atoms with E-state index in [9.17, 15) is 21.6 Å². The van der Waals surface area contributed by atoms with Gasteiger partial charge in [-0.1, -0.05) is 15.3 Å². The number of azide groups is 3. The lowest BCUT2D eigenvalue weighted by Crippen LogP contribution is -2.36. The van der Waals surface area contributed by atoms with E-state index >= 15 is 0 Å². The second-order valence-electron chi connectivity index (χ2n) is 17.9. The number of anilines is 1. The first-order valence-corrected chi connectivity index (χ1v) is 27.2.